The smallest absolute Gasteiger partial charge is 0.222 e. The molecule has 4 N–H and O–H groups in total. The average Bonchev–Trinajstić information content (AvgIpc) is 2.35. The maximum absolute atomic E-state index is 5.82. The van der Waals surface area contributed by atoms with Gasteiger partial charge in [0.15, 0.2) is 0 Å². The normalized spacial score (nSPS) is 25.1. The van der Waals surface area contributed by atoms with E-state index in [4.69, 9.17) is 16.2 Å². The molecule has 1 aliphatic heterocycles. The Kier molecular flexibility index (Phi) is 6.26. The molecule has 8 heteroatoms. The van der Waals surface area contributed by atoms with Crippen LogP contribution in [0.4, 0.5) is 11.8 Å². The quantitative estimate of drug-likeness (QED) is 0.842. The van der Waals surface area contributed by atoms with E-state index in [-0.39, 0.29) is 24.8 Å². The van der Waals surface area contributed by atoms with E-state index in [1.165, 1.54) is 0 Å². The third kappa shape index (κ3) is 3.63. The summed E-state index contributed by atoms with van der Waals surface area (Å²) in [6.45, 7) is 3.21. The number of halogens is 2. The van der Waals surface area contributed by atoms with Crippen LogP contribution in [-0.2, 0) is 4.74 Å². The van der Waals surface area contributed by atoms with Crippen LogP contribution in [0.15, 0.2) is 6.07 Å². The van der Waals surface area contributed by atoms with E-state index >= 15 is 0 Å². The number of aromatic nitrogens is 2. The third-order valence-electron chi connectivity index (χ3n) is 3.68. The lowest BCUT2D eigenvalue weighted by Gasteiger charge is -2.33. The van der Waals surface area contributed by atoms with Gasteiger partial charge in [-0.3, -0.25) is 0 Å². The maximum Gasteiger partial charge on any atom is 0.222 e. The van der Waals surface area contributed by atoms with E-state index in [2.05, 4.69) is 20.9 Å². The third-order valence-corrected chi connectivity index (χ3v) is 3.68. The predicted octanol–water partition coefficient (Wildman–Crippen LogP) is 0.944. The van der Waals surface area contributed by atoms with Gasteiger partial charge < -0.3 is 21.1 Å². The summed E-state index contributed by atoms with van der Waals surface area (Å²) in [6.07, 6.45) is 2.00. The molecule has 2 fully saturated rings. The van der Waals surface area contributed by atoms with Crippen LogP contribution >= 0.6 is 24.8 Å². The van der Waals surface area contributed by atoms with E-state index in [1.54, 1.807) is 0 Å². The zero-order valence-corrected chi connectivity index (χ0v) is 12.8. The van der Waals surface area contributed by atoms with Gasteiger partial charge in [0.1, 0.15) is 5.82 Å². The van der Waals surface area contributed by atoms with Crippen molar-refractivity contribution in [2.75, 3.05) is 36.9 Å². The van der Waals surface area contributed by atoms with Crippen molar-refractivity contribution < 1.29 is 4.74 Å². The zero-order valence-electron chi connectivity index (χ0n) is 11.2. The van der Waals surface area contributed by atoms with E-state index in [0.29, 0.717) is 17.9 Å². The highest BCUT2D eigenvalue weighted by atomic mass is 35.5. The Hall–Kier alpha value is -0.820. The first-order valence-electron chi connectivity index (χ1n) is 6.45. The molecule has 1 saturated carbocycles. The molecule has 0 spiro atoms. The van der Waals surface area contributed by atoms with Gasteiger partial charge in [-0.1, -0.05) is 0 Å². The highest BCUT2D eigenvalue weighted by Crippen LogP contribution is 2.35. The van der Waals surface area contributed by atoms with Gasteiger partial charge >= 0.3 is 0 Å². The molecule has 3 rings (SSSR count). The number of hydrogen-bond donors (Lipinski definition) is 2. The molecule has 6 nitrogen and oxygen atoms in total. The van der Waals surface area contributed by atoms with Crippen LogP contribution in [0.3, 0.4) is 0 Å². The molecule has 0 unspecified atom stereocenters. The second-order valence-electron chi connectivity index (χ2n) is 5.04. The summed E-state index contributed by atoms with van der Waals surface area (Å²) in [5.74, 6) is 1.72. The van der Waals surface area contributed by atoms with Crippen molar-refractivity contribution in [2.24, 2.45) is 5.73 Å². The minimum Gasteiger partial charge on any atom is -0.378 e. The van der Waals surface area contributed by atoms with Crippen LogP contribution in [0.5, 0.6) is 0 Å². The summed E-state index contributed by atoms with van der Waals surface area (Å²) >= 11 is 0. The number of nitrogen functional groups attached to an aromatic ring is 1. The summed E-state index contributed by atoms with van der Waals surface area (Å²) in [4.78, 5) is 10.9. The lowest BCUT2D eigenvalue weighted by molar-refractivity contribution is 0.122. The van der Waals surface area contributed by atoms with Crippen molar-refractivity contribution in [1.29, 1.82) is 0 Å². The molecule has 0 radical (unpaired) electrons. The Morgan fingerprint density at radius 2 is 1.80 bits per heavy atom. The lowest BCUT2D eigenvalue weighted by Crippen LogP contribution is -2.38. The minimum absolute atomic E-state index is 0. The zero-order chi connectivity index (χ0) is 12.5. The van der Waals surface area contributed by atoms with Crippen molar-refractivity contribution >= 4 is 36.6 Å². The van der Waals surface area contributed by atoms with Crippen molar-refractivity contribution in [3.05, 3.63) is 11.8 Å². The largest absolute Gasteiger partial charge is 0.378 e. The SMILES string of the molecule is Cl.Cl.Nc1nc(C2CC(N)C2)cc(N2CCOCC2)n1. The number of ether oxygens (including phenoxy) is 1. The van der Waals surface area contributed by atoms with Crippen molar-refractivity contribution in [2.45, 2.75) is 24.8 Å². The maximum atomic E-state index is 5.82. The van der Waals surface area contributed by atoms with Gasteiger partial charge in [0.05, 0.1) is 18.9 Å². The number of rotatable bonds is 2. The van der Waals surface area contributed by atoms with Gasteiger partial charge in [0.25, 0.3) is 0 Å². The number of anilines is 2. The molecule has 20 heavy (non-hydrogen) atoms. The Labute approximate surface area is 131 Å². The molecule has 1 aromatic heterocycles. The molecular weight excluding hydrogens is 301 g/mol. The Morgan fingerprint density at radius 1 is 1.15 bits per heavy atom. The van der Waals surface area contributed by atoms with Crippen LogP contribution in [-0.4, -0.2) is 42.3 Å². The fraction of sp³-hybridized carbons (Fsp3) is 0.667. The van der Waals surface area contributed by atoms with Gasteiger partial charge in [0.2, 0.25) is 5.95 Å². The molecule has 0 atom stereocenters. The first-order chi connectivity index (χ1) is 8.72. The lowest BCUT2D eigenvalue weighted by atomic mass is 9.78. The van der Waals surface area contributed by atoms with Gasteiger partial charge in [-0.15, -0.1) is 24.8 Å². The minimum atomic E-state index is 0. The molecule has 0 aromatic carbocycles. The van der Waals surface area contributed by atoms with Crippen molar-refractivity contribution in [1.82, 2.24) is 9.97 Å². The van der Waals surface area contributed by atoms with Gasteiger partial charge in [-0.25, -0.2) is 4.98 Å². The van der Waals surface area contributed by atoms with E-state index in [9.17, 15) is 0 Å². The number of nitrogens with two attached hydrogens (primary N) is 2. The van der Waals surface area contributed by atoms with E-state index in [0.717, 1.165) is 50.7 Å². The average molecular weight is 322 g/mol. The molecule has 1 saturated heterocycles. The molecule has 2 heterocycles. The van der Waals surface area contributed by atoms with Gasteiger partial charge in [0, 0.05) is 31.1 Å². The standard InChI is InChI=1S/C12H19N5O.2ClH/c13-9-5-8(6-9)10-7-11(16-12(14)15-10)17-1-3-18-4-2-17;;/h7-9H,1-6,13H2,(H2,14,15,16);2*1H. The predicted molar refractivity (Wildman–Crippen MR) is 83.9 cm³/mol. The highest BCUT2D eigenvalue weighted by molar-refractivity contribution is 5.85. The molecular formula is C12H21Cl2N5O. The van der Waals surface area contributed by atoms with Crippen molar-refractivity contribution in [3.8, 4) is 0 Å². The molecule has 0 amide bonds. The Morgan fingerprint density at radius 3 is 2.40 bits per heavy atom. The monoisotopic (exact) mass is 321 g/mol. The van der Waals surface area contributed by atoms with Crippen LogP contribution < -0.4 is 16.4 Å². The molecule has 2 aliphatic rings. The van der Waals surface area contributed by atoms with Crippen LogP contribution in [0.25, 0.3) is 0 Å². The molecule has 1 aromatic rings. The second-order valence-corrected chi connectivity index (χ2v) is 5.04. The second kappa shape index (κ2) is 7.26. The number of morpholine rings is 1. The fourth-order valence-electron chi connectivity index (χ4n) is 2.54. The Balaban J connectivity index is 0.000001000. The molecule has 1 aliphatic carbocycles. The van der Waals surface area contributed by atoms with E-state index in [1.807, 2.05) is 0 Å². The van der Waals surface area contributed by atoms with Crippen molar-refractivity contribution in [3.63, 3.8) is 0 Å². The molecule has 0 bridgehead atoms. The first-order valence-corrected chi connectivity index (χ1v) is 6.45. The summed E-state index contributed by atoms with van der Waals surface area (Å²) in [5.41, 5.74) is 12.7. The van der Waals surface area contributed by atoms with Crippen LogP contribution in [0.2, 0.25) is 0 Å². The number of hydrogen-bond acceptors (Lipinski definition) is 6. The highest BCUT2D eigenvalue weighted by Gasteiger charge is 2.29. The fourth-order valence-corrected chi connectivity index (χ4v) is 2.54. The summed E-state index contributed by atoms with van der Waals surface area (Å²) < 4.78 is 5.34. The number of nitrogens with zero attached hydrogens (tertiary/aromatic N) is 3. The Bertz CT molecular complexity index is 436. The molecule has 114 valence electrons. The summed E-state index contributed by atoms with van der Waals surface area (Å²) in [7, 11) is 0. The van der Waals surface area contributed by atoms with Gasteiger partial charge in [-0.2, -0.15) is 4.98 Å². The topological polar surface area (TPSA) is 90.3 Å². The first kappa shape index (κ1) is 17.2. The van der Waals surface area contributed by atoms with Gasteiger partial charge in [-0.05, 0) is 12.8 Å². The summed E-state index contributed by atoms with van der Waals surface area (Å²) in [6, 6.07) is 2.37. The van der Waals surface area contributed by atoms with Crippen LogP contribution in [0, 0.1) is 0 Å². The van der Waals surface area contributed by atoms with E-state index < -0.39 is 0 Å². The summed E-state index contributed by atoms with van der Waals surface area (Å²) in [5, 5.41) is 0. The van der Waals surface area contributed by atoms with Crippen LogP contribution in [0.1, 0.15) is 24.5 Å².